The summed E-state index contributed by atoms with van der Waals surface area (Å²) in [5, 5.41) is 9.13. The maximum atomic E-state index is 13.7. The number of fused-ring (bicyclic) bond motifs is 1. The lowest BCUT2D eigenvalue weighted by Gasteiger charge is -2.29. The quantitative estimate of drug-likeness (QED) is 0.841. The van der Waals surface area contributed by atoms with Gasteiger partial charge in [0.25, 0.3) is 0 Å². The van der Waals surface area contributed by atoms with Crippen molar-refractivity contribution in [3.63, 3.8) is 0 Å². The van der Waals surface area contributed by atoms with Crippen LogP contribution in [0.25, 0.3) is 0 Å². The smallest absolute Gasteiger partial charge is 0.143 e. The maximum absolute atomic E-state index is 13.7. The van der Waals surface area contributed by atoms with Gasteiger partial charge in [0, 0.05) is 19.1 Å². The lowest BCUT2D eigenvalue weighted by atomic mass is 9.78. The average Bonchev–Trinajstić information content (AvgIpc) is 2.84. The summed E-state index contributed by atoms with van der Waals surface area (Å²) in [6.07, 6.45) is 3.47. The van der Waals surface area contributed by atoms with Crippen molar-refractivity contribution in [1.29, 1.82) is 5.26 Å². The molecule has 0 bridgehead atoms. The molecule has 3 atom stereocenters. The predicted octanol–water partition coefficient (Wildman–Crippen LogP) is 2.26. The first-order chi connectivity index (χ1) is 9.20. The molecular weight excluding hydrogens is 241 g/mol. The fraction of sp³-hybridized carbons (Fsp3) is 0.533. The van der Waals surface area contributed by atoms with E-state index in [1.807, 2.05) is 12.1 Å². The molecule has 1 aromatic rings. The van der Waals surface area contributed by atoms with Gasteiger partial charge in [0.1, 0.15) is 17.4 Å². The Bertz CT molecular complexity index is 523. The van der Waals surface area contributed by atoms with Gasteiger partial charge in [0.05, 0.1) is 5.69 Å². The normalized spacial score (nSPS) is 29.9. The molecule has 2 aliphatic rings. The van der Waals surface area contributed by atoms with Crippen molar-refractivity contribution in [2.75, 3.05) is 18.0 Å². The highest BCUT2D eigenvalue weighted by Gasteiger charge is 2.39. The summed E-state index contributed by atoms with van der Waals surface area (Å²) in [4.78, 5) is 2.14. The Balaban J connectivity index is 1.89. The molecule has 3 unspecified atom stereocenters. The molecule has 1 aliphatic carbocycles. The highest BCUT2D eigenvalue weighted by Crippen LogP contribution is 2.38. The zero-order valence-corrected chi connectivity index (χ0v) is 10.8. The Morgan fingerprint density at radius 3 is 2.89 bits per heavy atom. The van der Waals surface area contributed by atoms with E-state index < -0.39 is 5.82 Å². The molecular formula is C15H18FN3. The average molecular weight is 259 g/mol. The van der Waals surface area contributed by atoms with Crippen LogP contribution in [0.4, 0.5) is 10.1 Å². The fourth-order valence-corrected chi connectivity index (χ4v) is 3.60. The van der Waals surface area contributed by atoms with Crippen LogP contribution in [0.1, 0.15) is 24.8 Å². The highest BCUT2D eigenvalue weighted by atomic mass is 19.1. The molecule has 3 nitrogen and oxygen atoms in total. The molecule has 1 heterocycles. The van der Waals surface area contributed by atoms with Crippen LogP contribution in [0.2, 0.25) is 0 Å². The fourth-order valence-electron chi connectivity index (χ4n) is 3.60. The molecule has 100 valence electrons. The molecule has 2 fully saturated rings. The van der Waals surface area contributed by atoms with E-state index >= 15 is 0 Å². The second kappa shape index (κ2) is 4.82. The number of nitrogens with zero attached hydrogens (tertiary/aromatic N) is 2. The number of nitriles is 1. The molecule has 1 aliphatic heterocycles. The first-order valence-corrected chi connectivity index (χ1v) is 6.90. The monoisotopic (exact) mass is 259 g/mol. The van der Waals surface area contributed by atoms with E-state index in [9.17, 15) is 4.39 Å². The number of benzene rings is 1. The maximum Gasteiger partial charge on any atom is 0.143 e. The third-order valence-corrected chi connectivity index (χ3v) is 4.60. The number of nitrogens with two attached hydrogens (primary N) is 1. The van der Waals surface area contributed by atoms with Gasteiger partial charge in [-0.2, -0.15) is 5.26 Å². The van der Waals surface area contributed by atoms with E-state index in [2.05, 4.69) is 4.90 Å². The lowest BCUT2D eigenvalue weighted by Crippen LogP contribution is -2.38. The van der Waals surface area contributed by atoms with E-state index in [-0.39, 0.29) is 11.6 Å². The van der Waals surface area contributed by atoms with Gasteiger partial charge in [-0.15, -0.1) is 0 Å². The van der Waals surface area contributed by atoms with Crippen molar-refractivity contribution in [3.05, 3.63) is 29.6 Å². The van der Waals surface area contributed by atoms with Crippen LogP contribution in [0.5, 0.6) is 0 Å². The third-order valence-electron chi connectivity index (χ3n) is 4.60. The van der Waals surface area contributed by atoms with Gasteiger partial charge >= 0.3 is 0 Å². The Kier molecular flexibility index (Phi) is 3.16. The van der Waals surface area contributed by atoms with E-state index in [1.54, 1.807) is 6.07 Å². The molecule has 0 radical (unpaired) electrons. The zero-order valence-electron chi connectivity index (χ0n) is 10.8. The summed E-state index contributed by atoms with van der Waals surface area (Å²) in [5.41, 5.74) is 7.08. The Morgan fingerprint density at radius 2 is 2.16 bits per heavy atom. The molecule has 1 aromatic carbocycles. The summed E-state index contributed by atoms with van der Waals surface area (Å²) in [7, 11) is 0. The first kappa shape index (κ1) is 12.4. The second-order valence-electron chi connectivity index (χ2n) is 5.67. The number of anilines is 1. The van der Waals surface area contributed by atoms with Gasteiger partial charge < -0.3 is 10.6 Å². The number of hydrogen-bond donors (Lipinski definition) is 1. The Labute approximate surface area is 112 Å². The van der Waals surface area contributed by atoms with Crippen LogP contribution in [-0.2, 0) is 0 Å². The molecule has 0 amide bonds. The minimum Gasteiger partial charge on any atom is -0.370 e. The van der Waals surface area contributed by atoms with Crippen LogP contribution in [0.3, 0.4) is 0 Å². The lowest BCUT2D eigenvalue weighted by molar-refractivity contribution is 0.260. The van der Waals surface area contributed by atoms with Gasteiger partial charge in [-0.25, -0.2) is 4.39 Å². The molecule has 19 heavy (non-hydrogen) atoms. The minimum atomic E-state index is -0.431. The minimum absolute atomic E-state index is 0.162. The SMILES string of the molecule is N#Cc1c(F)cccc1N1CC2CCCC(N)C2C1. The van der Waals surface area contributed by atoms with Crippen LogP contribution in [0.15, 0.2) is 18.2 Å². The van der Waals surface area contributed by atoms with Gasteiger partial charge in [0.2, 0.25) is 0 Å². The summed E-state index contributed by atoms with van der Waals surface area (Å²) in [6, 6.07) is 7.09. The van der Waals surface area contributed by atoms with Crippen molar-refractivity contribution in [2.24, 2.45) is 17.6 Å². The predicted molar refractivity (Wildman–Crippen MR) is 72.1 cm³/mol. The molecule has 2 N–H and O–H groups in total. The van der Waals surface area contributed by atoms with Crippen LogP contribution in [0, 0.1) is 29.0 Å². The Morgan fingerprint density at radius 1 is 1.32 bits per heavy atom. The number of halogens is 1. The molecule has 3 rings (SSSR count). The largest absolute Gasteiger partial charge is 0.370 e. The van der Waals surface area contributed by atoms with E-state index in [4.69, 9.17) is 11.0 Å². The van der Waals surface area contributed by atoms with Crippen LogP contribution in [-0.4, -0.2) is 19.1 Å². The molecule has 1 saturated heterocycles. The summed E-state index contributed by atoms with van der Waals surface area (Å²) >= 11 is 0. The molecule has 4 heteroatoms. The van der Waals surface area contributed by atoms with Gasteiger partial charge in [-0.3, -0.25) is 0 Å². The topological polar surface area (TPSA) is 53.0 Å². The standard InChI is InChI=1S/C15H18FN3/c16-13-4-2-6-15(11(13)7-17)19-8-10-3-1-5-14(18)12(10)9-19/h2,4,6,10,12,14H,1,3,5,8-9,18H2. The van der Waals surface area contributed by atoms with Crippen molar-refractivity contribution < 1.29 is 4.39 Å². The first-order valence-electron chi connectivity index (χ1n) is 6.90. The molecule has 1 saturated carbocycles. The van der Waals surface area contributed by atoms with E-state index in [1.165, 1.54) is 18.9 Å². The zero-order chi connectivity index (χ0) is 13.4. The van der Waals surface area contributed by atoms with E-state index in [0.717, 1.165) is 25.2 Å². The van der Waals surface area contributed by atoms with Crippen molar-refractivity contribution in [1.82, 2.24) is 0 Å². The summed E-state index contributed by atoms with van der Waals surface area (Å²) < 4.78 is 13.7. The number of rotatable bonds is 1. The Hall–Kier alpha value is -1.60. The van der Waals surface area contributed by atoms with E-state index in [0.29, 0.717) is 11.8 Å². The summed E-state index contributed by atoms with van der Waals surface area (Å²) in [5.74, 6) is 0.654. The highest BCUT2D eigenvalue weighted by molar-refractivity contribution is 5.60. The number of hydrogen-bond acceptors (Lipinski definition) is 3. The second-order valence-corrected chi connectivity index (χ2v) is 5.67. The van der Waals surface area contributed by atoms with Crippen LogP contribution >= 0.6 is 0 Å². The van der Waals surface area contributed by atoms with Crippen molar-refractivity contribution >= 4 is 5.69 Å². The van der Waals surface area contributed by atoms with Crippen molar-refractivity contribution in [3.8, 4) is 6.07 Å². The van der Waals surface area contributed by atoms with Gasteiger partial charge in [-0.1, -0.05) is 12.5 Å². The summed E-state index contributed by atoms with van der Waals surface area (Å²) in [6.45, 7) is 1.75. The van der Waals surface area contributed by atoms with Gasteiger partial charge in [-0.05, 0) is 36.8 Å². The molecule has 0 aromatic heterocycles. The third kappa shape index (κ3) is 2.08. The van der Waals surface area contributed by atoms with Gasteiger partial charge in [0.15, 0.2) is 0 Å². The van der Waals surface area contributed by atoms with Crippen molar-refractivity contribution in [2.45, 2.75) is 25.3 Å². The van der Waals surface area contributed by atoms with Crippen LogP contribution < -0.4 is 10.6 Å². The molecule has 0 spiro atoms.